The van der Waals surface area contributed by atoms with Crippen LogP contribution in [0.5, 0.6) is 0 Å². The second kappa shape index (κ2) is 8.82. The summed E-state index contributed by atoms with van der Waals surface area (Å²) in [6, 6.07) is 6.53. The highest BCUT2D eigenvalue weighted by Gasteiger charge is 2.56. The molecule has 4 atom stereocenters. The SMILES string of the molecule is C[C@H]1[C@H]2C[C@H](C[C@H]1Nc1cnn(CC(=O)NCc3cccc(C(=O)O)c3)c(=O)c1Cl)C2(C)C. The van der Waals surface area contributed by atoms with Gasteiger partial charge in [-0.3, -0.25) is 9.59 Å². The summed E-state index contributed by atoms with van der Waals surface area (Å²) < 4.78 is 1.03. The number of hydrogen-bond donors (Lipinski definition) is 3. The minimum absolute atomic E-state index is 0.0256. The highest BCUT2D eigenvalue weighted by Crippen LogP contribution is 2.61. The average Bonchev–Trinajstić information content (AvgIpc) is 2.78. The number of aromatic carboxylic acids is 1. The zero-order chi connectivity index (χ0) is 23.9. The van der Waals surface area contributed by atoms with Crippen LogP contribution in [0.2, 0.25) is 5.02 Å². The Morgan fingerprint density at radius 2 is 2.06 bits per heavy atom. The third-order valence-electron chi connectivity index (χ3n) is 7.64. The number of hydrogen-bond acceptors (Lipinski definition) is 5. The molecule has 3 saturated carbocycles. The van der Waals surface area contributed by atoms with Crippen LogP contribution in [0.15, 0.2) is 35.3 Å². The van der Waals surface area contributed by atoms with E-state index < -0.39 is 17.4 Å². The minimum atomic E-state index is -1.04. The van der Waals surface area contributed by atoms with E-state index in [1.807, 2.05) is 0 Å². The Balaban J connectivity index is 1.37. The molecule has 0 saturated heterocycles. The molecule has 2 aromatic rings. The lowest BCUT2D eigenvalue weighted by atomic mass is 9.45. The first-order chi connectivity index (χ1) is 15.6. The molecular weight excluding hydrogens is 444 g/mol. The molecule has 0 aliphatic heterocycles. The lowest BCUT2D eigenvalue weighted by Gasteiger charge is -2.62. The number of amides is 1. The van der Waals surface area contributed by atoms with Gasteiger partial charge in [-0.25, -0.2) is 9.48 Å². The molecule has 3 N–H and O–H groups in total. The molecule has 0 radical (unpaired) electrons. The fourth-order valence-electron chi connectivity index (χ4n) is 5.43. The van der Waals surface area contributed by atoms with Crippen LogP contribution in [0.4, 0.5) is 5.69 Å². The van der Waals surface area contributed by atoms with Crippen LogP contribution in [0.3, 0.4) is 0 Å². The van der Waals surface area contributed by atoms with Crippen LogP contribution in [0.1, 0.15) is 49.5 Å². The van der Waals surface area contributed by atoms with Gasteiger partial charge in [0.1, 0.15) is 11.6 Å². The summed E-state index contributed by atoms with van der Waals surface area (Å²) in [6.07, 6.45) is 3.80. The molecule has 3 aliphatic carbocycles. The van der Waals surface area contributed by atoms with Gasteiger partial charge >= 0.3 is 5.97 Å². The zero-order valence-electron chi connectivity index (χ0n) is 19.0. The molecule has 1 aromatic heterocycles. The van der Waals surface area contributed by atoms with Crippen LogP contribution in [-0.2, 0) is 17.9 Å². The summed E-state index contributed by atoms with van der Waals surface area (Å²) in [6.45, 7) is 6.78. The number of carbonyl (C=O) groups is 2. The summed E-state index contributed by atoms with van der Waals surface area (Å²) in [5.41, 5.74) is 1.12. The molecule has 2 bridgehead atoms. The number of nitrogens with zero attached hydrogens (tertiary/aromatic N) is 2. The van der Waals surface area contributed by atoms with Crippen molar-refractivity contribution < 1.29 is 14.7 Å². The fourth-order valence-corrected chi connectivity index (χ4v) is 5.63. The molecule has 5 rings (SSSR count). The standard InChI is InChI=1S/C24H29ClN4O4/c1-13-17-8-16(24(17,2)3)9-18(13)28-19-11-27-29(22(31)21(19)25)12-20(30)26-10-14-5-4-6-15(7-14)23(32)33/h4-7,11,13,16-18,28H,8-10,12H2,1-3H3,(H,26,30)(H,32,33)/t13-,16+,17+,18+/m0/s1. The molecule has 3 aliphatic rings. The topological polar surface area (TPSA) is 113 Å². The third kappa shape index (κ3) is 4.49. The highest BCUT2D eigenvalue weighted by molar-refractivity contribution is 6.32. The molecular formula is C24H29ClN4O4. The van der Waals surface area contributed by atoms with Crippen LogP contribution in [0, 0.1) is 23.2 Å². The molecule has 1 amide bonds. The molecule has 9 heteroatoms. The van der Waals surface area contributed by atoms with Crippen molar-refractivity contribution in [1.82, 2.24) is 15.1 Å². The van der Waals surface area contributed by atoms with E-state index in [2.05, 4.69) is 36.5 Å². The second-order valence-electron chi connectivity index (χ2n) is 9.82. The maximum atomic E-state index is 12.7. The number of benzene rings is 1. The Kier molecular flexibility index (Phi) is 6.22. The average molecular weight is 473 g/mol. The number of carboxylic acid groups (broad SMARTS) is 1. The van der Waals surface area contributed by atoms with E-state index in [4.69, 9.17) is 16.7 Å². The van der Waals surface area contributed by atoms with Crippen molar-refractivity contribution in [1.29, 1.82) is 0 Å². The van der Waals surface area contributed by atoms with Crippen LogP contribution < -0.4 is 16.2 Å². The normalized spacial score (nSPS) is 25.1. The Labute approximate surface area is 197 Å². The number of nitrogens with one attached hydrogen (secondary N) is 2. The van der Waals surface area contributed by atoms with Gasteiger partial charge in [0.15, 0.2) is 0 Å². The van der Waals surface area contributed by atoms with Gasteiger partial charge < -0.3 is 15.7 Å². The van der Waals surface area contributed by atoms with Crippen LogP contribution >= 0.6 is 11.6 Å². The molecule has 33 heavy (non-hydrogen) atoms. The lowest BCUT2D eigenvalue weighted by molar-refractivity contribution is -0.122. The molecule has 176 valence electrons. The number of carboxylic acids is 1. The van der Waals surface area contributed by atoms with Gasteiger partial charge in [0.05, 0.1) is 17.4 Å². The quantitative estimate of drug-likeness (QED) is 0.569. The third-order valence-corrected chi connectivity index (χ3v) is 8.00. The van der Waals surface area contributed by atoms with Crippen molar-refractivity contribution in [3.63, 3.8) is 0 Å². The highest BCUT2D eigenvalue weighted by atomic mass is 35.5. The van der Waals surface area contributed by atoms with Crippen molar-refractivity contribution in [2.24, 2.45) is 23.2 Å². The van der Waals surface area contributed by atoms with Crippen molar-refractivity contribution in [3.05, 3.63) is 57.0 Å². The van der Waals surface area contributed by atoms with E-state index in [9.17, 15) is 14.4 Å². The van der Waals surface area contributed by atoms with Crippen molar-refractivity contribution in [2.75, 3.05) is 5.32 Å². The van der Waals surface area contributed by atoms with E-state index in [0.29, 0.717) is 34.4 Å². The van der Waals surface area contributed by atoms with Gasteiger partial charge in [0.2, 0.25) is 5.91 Å². The van der Waals surface area contributed by atoms with Gasteiger partial charge in [0, 0.05) is 12.6 Å². The van der Waals surface area contributed by atoms with Crippen LogP contribution in [0.25, 0.3) is 0 Å². The molecule has 1 aromatic carbocycles. The van der Waals surface area contributed by atoms with Crippen molar-refractivity contribution in [2.45, 2.75) is 52.7 Å². The smallest absolute Gasteiger partial charge is 0.335 e. The number of halogens is 1. The summed E-state index contributed by atoms with van der Waals surface area (Å²) >= 11 is 6.35. The van der Waals surface area contributed by atoms with Gasteiger partial charge in [-0.05, 0) is 53.7 Å². The summed E-state index contributed by atoms with van der Waals surface area (Å²) in [5, 5.41) is 19.3. The van der Waals surface area contributed by atoms with E-state index >= 15 is 0 Å². The summed E-state index contributed by atoms with van der Waals surface area (Å²) in [7, 11) is 0. The summed E-state index contributed by atoms with van der Waals surface area (Å²) in [4.78, 5) is 36.1. The Morgan fingerprint density at radius 3 is 2.73 bits per heavy atom. The molecule has 0 unspecified atom stereocenters. The monoisotopic (exact) mass is 472 g/mol. The molecule has 3 fully saturated rings. The van der Waals surface area contributed by atoms with E-state index in [0.717, 1.165) is 11.1 Å². The van der Waals surface area contributed by atoms with Gasteiger partial charge in [-0.2, -0.15) is 5.10 Å². The predicted octanol–water partition coefficient (Wildman–Crippen LogP) is 3.39. The summed E-state index contributed by atoms with van der Waals surface area (Å²) in [5.74, 6) is 0.328. The molecule has 0 spiro atoms. The van der Waals surface area contributed by atoms with Gasteiger partial charge in [-0.15, -0.1) is 0 Å². The fraction of sp³-hybridized carbons (Fsp3) is 0.500. The van der Waals surface area contributed by atoms with E-state index in [-0.39, 0.29) is 29.7 Å². The van der Waals surface area contributed by atoms with Crippen molar-refractivity contribution >= 4 is 29.2 Å². The maximum absolute atomic E-state index is 12.7. The molecule has 8 nitrogen and oxygen atoms in total. The number of fused-ring (bicyclic) bond motifs is 2. The second-order valence-corrected chi connectivity index (χ2v) is 10.2. The number of aromatic nitrogens is 2. The predicted molar refractivity (Wildman–Crippen MR) is 125 cm³/mol. The zero-order valence-corrected chi connectivity index (χ0v) is 19.7. The Bertz CT molecular complexity index is 1150. The first-order valence-corrected chi connectivity index (χ1v) is 11.6. The number of carbonyl (C=O) groups excluding carboxylic acids is 1. The van der Waals surface area contributed by atoms with Gasteiger partial charge in [0.25, 0.3) is 5.56 Å². The van der Waals surface area contributed by atoms with E-state index in [1.54, 1.807) is 12.1 Å². The Morgan fingerprint density at radius 1 is 1.30 bits per heavy atom. The van der Waals surface area contributed by atoms with Crippen molar-refractivity contribution in [3.8, 4) is 0 Å². The number of rotatable bonds is 7. The maximum Gasteiger partial charge on any atom is 0.335 e. The van der Waals surface area contributed by atoms with E-state index in [1.165, 1.54) is 24.8 Å². The lowest BCUT2D eigenvalue weighted by Crippen LogP contribution is -2.58. The Hall–Kier alpha value is -2.87. The number of anilines is 1. The van der Waals surface area contributed by atoms with Crippen LogP contribution in [-0.4, -0.2) is 32.8 Å². The minimum Gasteiger partial charge on any atom is -0.478 e. The first kappa shape index (κ1) is 23.3. The largest absolute Gasteiger partial charge is 0.478 e. The first-order valence-electron chi connectivity index (χ1n) is 11.2. The van der Waals surface area contributed by atoms with Gasteiger partial charge in [-0.1, -0.05) is 44.5 Å². The molecule has 1 heterocycles.